The Morgan fingerprint density at radius 2 is 1.71 bits per heavy atom. The van der Waals surface area contributed by atoms with Crippen molar-refractivity contribution in [2.45, 2.75) is 12.8 Å². The first-order chi connectivity index (χ1) is 11.5. The second-order valence-corrected chi connectivity index (χ2v) is 5.12. The highest BCUT2D eigenvalue weighted by molar-refractivity contribution is 6.06. The molecule has 0 amide bonds. The molecule has 0 radical (unpaired) electrons. The maximum atomic E-state index is 12.8. The summed E-state index contributed by atoms with van der Waals surface area (Å²) in [5, 5.41) is 8.54. The largest absolute Gasteiger partial charge is 0.494 e. The molecule has 0 unspecified atom stereocenters. The van der Waals surface area contributed by atoms with Crippen LogP contribution in [-0.4, -0.2) is 23.5 Å². The van der Waals surface area contributed by atoms with Crippen molar-refractivity contribution in [2.24, 2.45) is 0 Å². The van der Waals surface area contributed by atoms with Gasteiger partial charge in [-0.3, -0.25) is 9.59 Å². The lowest BCUT2D eigenvalue weighted by molar-refractivity contribution is -0.137. The maximum absolute atomic E-state index is 12.8. The van der Waals surface area contributed by atoms with Crippen LogP contribution < -0.4 is 4.74 Å². The fourth-order valence-electron chi connectivity index (χ4n) is 1.97. The first-order valence-corrected chi connectivity index (χ1v) is 7.47. The van der Waals surface area contributed by atoms with Crippen LogP contribution in [0.2, 0.25) is 0 Å². The van der Waals surface area contributed by atoms with E-state index < -0.39 is 5.97 Å². The van der Waals surface area contributed by atoms with Crippen molar-refractivity contribution < 1.29 is 23.8 Å². The zero-order valence-corrected chi connectivity index (χ0v) is 12.9. The standard InChI is InChI=1S/C19H17FO4/c20-16-8-3-14(4-9-16)5-12-18(21)15-6-10-17(11-7-15)24-13-1-2-19(22)23/h3-12H,1-2,13H2,(H,22,23)/b12-5+. The van der Waals surface area contributed by atoms with Gasteiger partial charge in [0.25, 0.3) is 0 Å². The van der Waals surface area contributed by atoms with E-state index in [9.17, 15) is 14.0 Å². The lowest BCUT2D eigenvalue weighted by Crippen LogP contribution is -2.02. The molecule has 4 nitrogen and oxygen atoms in total. The number of hydrogen-bond donors (Lipinski definition) is 1. The molecule has 124 valence electrons. The van der Waals surface area contributed by atoms with Crippen molar-refractivity contribution in [3.63, 3.8) is 0 Å². The van der Waals surface area contributed by atoms with Crippen LogP contribution in [0.1, 0.15) is 28.8 Å². The van der Waals surface area contributed by atoms with E-state index >= 15 is 0 Å². The zero-order chi connectivity index (χ0) is 17.4. The summed E-state index contributed by atoms with van der Waals surface area (Å²) in [4.78, 5) is 22.5. The van der Waals surface area contributed by atoms with E-state index in [2.05, 4.69) is 0 Å². The number of carboxylic acids is 1. The number of carbonyl (C=O) groups excluding carboxylic acids is 1. The Hall–Kier alpha value is -2.95. The third-order valence-electron chi connectivity index (χ3n) is 3.24. The first-order valence-electron chi connectivity index (χ1n) is 7.47. The average Bonchev–Trinajstić information content (AvgIpc) is 2.58. The van der Waals surface area contributed by atoms with E-state index in [-0.39, 0.29) is 18.0 Å². The Labute approximate surface area is 139 Å². The number of rotatable bonds is 8. The molecule has 0 spiro atoms. The van der Waals surface area contributed by atoms with Crippen molar-refractivity contribution in [1.82, 2.24) is 0 Å². The van der Waals surface area contributed by atoms with Crippen LogP contribution in [0.25, 0.3) is 6.08 Å². The Bertz CT molecular complexity index is 718. The van der Waals surface area contributed by atoms with Gasteiger partial charge in [0.1, 0.15) is 11.6 Å². The van der Waals surface area contributed by atoms with Crippen molar-refractivity contribution in [2.75, 3.05) is 6.61 Å². The zero-order valence-electron chi connectivity index (χ0n) is 12.9. The fourth-order valence-corrected chi connectivity index (χ4v) is 1.97. The third kappa shape index (κ3) is 5.68. The minimum absolute atomic E-state index is 0.0603. The van der Waals surface area contributed by atoms with Gasteiger partial charge in [-0.2, -0.15) is 0 Å². The third-order valence-corrected chi connectivity index (χ3v) is 3.24. The SMILES string of the molecule is O=C(O)CCCOc1ccc(C(=O)/C=C/c2ccc(F)cc2)cc1. The van der Waals surface area contributed by atoms with Crippen LogP contribution in [0.5, 0.6) is 5.75 Å². The van der Waals surface area contributed by atoms with E-state index in [1.165, 1.54) is 18.2 Å². The number of ether oxygens (including phenoxy) is 1. The summed E-state index contributed by atoms with van der Waals surface area (Å²) in [6.45, 7) is 0.310. The van der Waals surface area contributed by atoms with Crippen molar-refractivity contribution >= 4 is 17.8 Å². The number of ketones is 1. The monoisotopic (exact) mass is 328 g/mol. The summed E-state index contributed by atoms with van der Waals surface area (Å²) < 4.78 is 18.2. The number of allylic oxidation sites excluding steroid dienone is 1. The highest BCUT2D eigenvalue weighted by Crippen LogP contribution is 2.14. The molecule has 24 heavy (non-hydrogen) atoms. The van der Waals surface area contributed by atoms with Crippen molar-refractivity contribution in [3.8, 4) is 5.75 Å². The molecular weight excluding hydrogens is 311 g/mol. The molecule has 0 aliphatic rings. The van der Waals surface area contributed by atoms with Crippen molar-refractivity contribution in [3.05, 3.63) is 71.6 Å². The number of carboxylic acid groups (broad SMARTS) is 1. The van der Waals surface area contributed by atoms with Gasteiger partial charge in [-0.15, -0.1) is 0 Å². The molecule has 0 fully saturated rings. The molecule has 0 saturated heterocycles. The van der Waals surface area contributed by atoms with Gasteiger partial charge >= 0.3 is 5.97 Å². The molecule has 0 aliphatic heterocycles. The molecule has 2 aromatic carbocycles. The number of carbonyl (C=O) groups is 2. The van der Waals surface area contributed by atoms with Crippen LogP contribution in [-0.2, 0) is 4.79 Å². The Morgan fingerprint density at radius 1 is 1.04 bits per heavy atom. The molecule has 0 bridgehead atoms. The maximum Gasteiger partial charge on any atom is 0.303 e. The molecule has 1 N–H and O–H groups in total. The lowest BCUT2D eigenvalue weighted by Gasteiger charge is -2.05. The lowest BCUT2D eigenvalue weighted by atomic mass is 10.1. The van der Waals surface area contributed by atoms with Gasteiger partial charge in [-0.25, -0.2) is 4.39 Å². The summed E-state index contributed by atoms with van der Waals surface area (Å²) in [7, 11) is 0. The van der Waals surface area contributed by atoms with Crippen LogP contribution in [0.3, 0.4) is 0 Å². The molecule has 5 heteroatoms. The number of aliphatic carboxylic acids is 1. The van der Waals surface area contributed by atoms with Crippen molar-refractivity contribution in [1.29, 1.82) is 0 Å². The number of benzene rings is 2. The molecule has 2 rings (SSSR count). The van der Waals surface area contributed by atoms with Gasteiger partial charge in [0.05, 0.1) is 6.61 Å². The van der Waals surface area contributed by atoms with E-state index in [1.807, 2.05) is 0 Å². The topological polar surface area (TPSA) is 63.6 Å². The van der Waals surface area contributed by atoms with Crippen LogP contribution >= 0.6 is 0 Å². The minimum atomic E-state index is -0.854. The fraction of sp³-hybridized carbons (Fsp3) is 0.158. The highest BCUT2D eigenvalue weighted by Gasteiger charge is 2.03. The Kier molecular flexibility index (Phi) is 6.25. The van der Waals surface area contributed by atoms with Gasteiger partial charge in [0.2, 0.25) is 0 Å². The second-order valence-electron chi connectivity index (χ2n) is 5.12. The smallest absolute Gasteiger partial charge is 0.303 e. The Balaban J connectivity index is 1.88. The van der Waals surface area contributed by atoms with Gasteiger partial charge in [-0.1, -0.05) is 18.2 Å². The molecular formula is C19H17FO4. The average molecular weight is 328 g/mol. The quantitative estimate of drug-likeness (QED) is 0.452. The Morgan fingerprint density at radius 3 is 2.33 bits per heavy atom. The van der Waals surface area contributed by atoms with Gasteiger partial charge in [0, 0.05) is 12.0 Å². The predicted octanol–water partition coefficient (Wildman–Crippen LogP) is 3.97. The normalized spacial score (nSPS) is 10.7. The van der Waals surface area contributed by atoms with Gasteiger partial charge in [0.15, 0.2) is 5.78 Å². The van der Waals surface area contributed by atoms with Crippen LogP contribution in [0, 0.1) is 5.82 Å². The molecule has 0 aromatic heterocycles. The first kappa shape index (κ1) is 17.4. The van der Waals surface area contributed by atoms with E-state index in [0.29, 0.717) is 24.3 Å². The molecule has 2 aromatic rings. The van der Waals surface area contributed by atoms with Gasteiger partial charge in [-0.05, 0) is 54.5 Å². The number of halogens is 1. The van der Waals surface area contributed by atoms with Crippen LogP contribution in [0.15, 0.2) is 54.6 Å². The molecule has 0 aliphatic carbocycles. The highest BCUT2D eigenvalue weighted by atomic mass is 19.1. The summed E-state index contributed by atoms with van der Waals surface area (Å²) in [5.41, 5.74) is 1.24. The molecule has 0 atom stereocenters. The van der Waals surface area contributed by atoms with Gasteiger partial charge < -0.3 is 9.84 Å². The predicted molar refractivity (Wildman–Crippen MR) is 88.6 cm³/mol. The minimum Gasteiger partial charge on any atom is -0.494 e. The summed E-state index contributed by atoms with van der Waals surface area (Å²) in [5.74, 6) is -0.763. The number of hydrogen-bond acceptors (Lipinski definition) is 3. The second kappa shape index (κ2) is 8.62. The van der Waals surface area contributed by atoms with E-state index in [0.717, 1.165) is 5.56 Å². The van der Waals surface area contributed by atoms with Crippen LogP contribution in [0.4, 0.5) is 4.39 Å². The van der Waals surface area contributed by atoms with E-state index in [4.69, 9.17) is 9.84 Å². The summed E-state index contributed by atoms with van der Waals surface area (Å²) in [6, 6.07) is 12.5. The summed E-state index contributed by atoms with van der Waals surface area (Å²) in [6.07, 6.45) is 3.54. The summed E-state index contributed by atoms with van der Waals surface area (Å²) >= 11 is 0. The molecule has 0 heterocycles. The van der Waals surface area contributed by atoms with E-state index in [1.54, 1.807) is 42.5 Å². The molecule has 0 saturated carbocycles.